The van der Waals surface area contributed by atoms with Gasteiger partial charge in [0.05, 0.1) is 18.1 Å². The molecule has 1 aliphatic carbocycles. The molecular weight excluding hydrogens is 529 g/mol. The quantitative estimate of drug-likeness (QED) is 0.335. The van der Waals surface area contributed by atoms with E-state index in [0.29, 0.717) is 34.7 Å². The van der Waals surface area contributed by atoms with Crippen LogP contribution in [0.5, 0.6) is 11.5 Å². The average molecular weight is 563 g/mol. The van der Waals surface area contributed by atoms with Crippen molar-refractivity contribution in [2.45, 2.75) is 45.5 Å². The van der Waals surface area contributed by atoms with Gasteiger partial charge < -0.3 is 29.0 Å². The van der Waals surface area contributed by atoms with Crippen molar-refractivity contribution < 1.29 is 37.0 Å². The lowest BCUT2D eigenvalue weighted by Gasteiger charge is -2.33. The molecule has 0 radical (unpaired) electrons. The van der Waals surface area contributed by atoms with Crippen LogP contribution in [0.25, 0.3) is 11.0 Å². The number of hydrogen-bond donors (Lipinski definition) is 1. The van der Waals surface area contributed by atoms with E-state index in [0.717, 1.165) is 24.8 Å². The molecule has 1 heterocycles. The Morgan fingerprint density at radius 2 is 1.70 bits per heavy atom. The number of esters is 1. The van der Waals surface area contributed by atoms with E-state index >= 15 is 0 Å². The highest BCUT2D eigenvalue weighted by Crippen LogP contribution is 2.40. The lowest BCUT2D eigenvalue weighted by atomic mass is 9.80. The van der Waals surface area contributed by atoms with E-state index in [1.807, 2.05) is 6.07 Å². The first-order valence-electron chi connectivity index (χ1n) is 13.0. The minimum atomic E-state index is -4.77. The number of amides is 1. The zero-order valence-corrected chi connectivity index (χ0v) is 22.8. The summed E-state index contributed by atoms with van der Waals surface area (Å²) in [7, 11) is 2.74. The predicted molar refractivity (Wildman–Crippen MR) is 143 cm³/mol. The van der Waals surface area contributed by atoms with Crippen molar-refractivity contribution in [3.8, 4) is 11.5 Å². The van der Waals surface area contributed by atoms with Crippen molar-refractivity contribution in [1.82, 2.24) is 14.5 Å². The van der Waals surface area contributed by atoms with E-state index in [2.05, 4.69) is 33.2 Å². The second kappa shape index (κ2) is 12.1. The average Bonchev–Trinajstić information content (AvgIpc) is 3.23. The Hall–Kier alpha value is -3.96. The third kappa shape index (κ3) is 7.36. The maximum atomic E-state index is 12.6. The number of halogens is 3. The third-order valence-corrected chi connectivity index (χ3v) is 6.91. The predicted octanol–water partition coefficient (Wildman–Crippen LogP) is 5.69. The molecule has 0 saturated heterocycles. The molecule has 1 fully saturated rings. The topological polar surface area (TPSA) is 94.9 Å². The van der Waals surface area contributed by atoms with Crippen LogP contribution in [0, 0.1) is 11.8 Å². The number of ether oxygens (including phenoxy) is 3. The Balaban J connectivity index is 1.59. The number of carbonyl (C=O) groups excluding carboxylic acids is 2. The lowest BCUT2D eigenvalue weighted by molar-refractivity contribution is -0.274. The summed E-state index contributed by atoms with van der Waals surface area (Å²) < 4.78 is 54.1. The summed E-state index contributed by atoms with van der Waals surface area (Å²) in [4.78, 5) is 29.8. The molecule has 1 saturated carbocycles. The molecule has 0 spiro atoms. The fourth-order valence-corrected chi connectivity index (χ4v) is 5.21. The van der Waals surface area contributed by atoms with Gasteiger partial charge in [-0.25, -0.2) is 4.98 Å². The monoisotopic (exact) mass is 562 g/mol. The molecular formula is C28H33F3N4O5. The molecule has 1 N–H and O–H groups in total. The van der Waals surface area contributed by atoms with E-state index in [4.69, 9.17) is 9.72 Å². The third-order valence-electron chi connectivity index (χ3n) is 6.91. The molecule has 3 aromatic rings. The van der Waals surface area contributed by atoms with Gasteiger partial charge >= 0.3 is 12.3 Å². The van der Waals surface area contributed by atoms with Crippen LogP contribution in [-0.4, -0.2) is 60.0 Å². The molecule has 0 bridgehead atoms. The van der Waals surface area contributed by atoms with Crippen molar-refractivity contribution in [3.05, 3.63) is 42.5 Å². The molecule has 4 rings (SSSR count). The molecule has 1 aromatic heterocycles. The van der Waals surface area contributed by atoms with Gasteiger partial charge in [0.1, 0.15) is 18.0 Å². The number of anilines is 2. The molecule has 2 atom stereocenters. The molecule has 216 valence electrons. The van der Waals surface area contributed by atoms with E-state index in [1.54, 1.807) is 12.1 Å². The second-order valence-corrected chi connectivity index (χ2v) is 10.3. The highest BCUT2D eigenvalue weighted by Gasteiger charge is 2.31. The van der Waals surface area contributed by atoms with Gasteiger partial charge in [-0.15, -0.1) is 13.2 Å². The van der Waals surface area contributed by atoms with Crippen molar-refractivity contribution in [3.63, 3.8) is 0 Å². The number of methoxy groups -OCH3 is 1. The molecule has 12 heteroatoms. The van der Waals surface area contributed by atoms with Crippen LogP contribution in [-0.2, 0) is 14.3 Å². The second-order valence-electron chi connectivity index (χ2n) is 10.3. The standard InChI is InChI=1S/C28H33F3N4O5/c1-17-11-18(2)13-20(12-17)35-24-10-9-22(39-16-25(36)34(3)15-26(37)38-4)14-23(24)33-27(35)32-19-5-7-21(8-6-19)40-28(29,30)31/h5-10,14,17-18,20H,11-13,15-16H2,1-4H3,(H,32,33). The molecule has 40 heavy (non-hydrogen) atoms. The van der Waals surface area contributed by atoms with Crippen LogP contribution in [0.4, 0.5) is 24.8 Å². The van der Waals surface area contributed by atoms with Crippen molar-refractivity contribution in [1.29, 1.82) is 0 Å². The maximum Gasteiger partial charge on any atom is 0.573 e. The Morgan fingerprint density at radius 1 is 1.05 bits per heavy atom. The number of fused-ring (bicyclic) bond motifs is 1. The summed E-state index contributed by atoms with van der Waals surface area (Å²) in [5.41, 5.74) is 2.06. The van der Waals surface area contributed by atoms with Crippen molar-refractivity contribution in [2.24, 2.45) is 11.8 Å². The number of carbonyl (C=O) groups is 2. The molecule has 2 aromatic carbocycles. The van der Waals surface area contributed by atoms with Gasteiger partial charge in [0, 0.05) is 24.8 Å². The van der Waals surface area contributed by atoms with Gasteiger partial charge in [-0.2, -0.15) is 0 Å². The normalized spacial score (nSPS) is 19.2. The number of nitrogens with zero attached hydrogens (tertiary/aromatic N) is 3. The van der Waals surface area contributed by atoms with Gasteiger partial charge in [0.2, 0.25) is 5.95 Å². The van der Waals surface area contributed by atoms with Crippen molar-refractivity contribution >= 4 is 34.5 Å². The molecule has 9 nitrogen and oxygen atoms in total. The highest BCUT2D eigenvalue weighted by atomic mass is 19.4. The zero-order valence-electron chi connectivity index (χ0n) is 22.8. The first kappa shape index (κ1) is 29.0. The number of rotatable bonds is 9. The number of likely N-dealkylation sites (N-methyl/N-ethyl adjacent to an activating group) is 1. The van der Waals surface area contributed by atoms with Crippen LogP contribution in [0.2, 0.25) is 0 Å². The minimum absolute atomic E-state index is 0.166. The van der Waals surface area contributed by atoms with E-state index in [-0.39, 0.29) is 30.9 Å². The van der Waals surface area contributed by atoms with Crippen LogP contribution in [0.15, 0.2) is 42.5 Å². The van der Waals surface area contributed by atoms with Crippen molar-refractivity contribution in [2.75, 3.05) is 32.6 Å². The summed E-state index contributed by atoms with van der Waals surface area (Å²) in [5, 5.41) is 3.26. The van der Waals surface area contributed by atoms with Gasteiger partial charge in [-0.3, -0.25) is 9.59 Å². The largest absolute Gasteiger partial charge is 0.573 e. The van der Waals surface area contributed by atoms with E-state index < -0.39 is 12.3 Å². The first-order chi connectivity index (χ1) is 18.9. The fourth-order valence-electron chi connectivity index (χ4n) is 5.21. The van der Waals surface area contributed by atoms with Crippen LogP contribution >= 0.6 is 0 Å². The summed E-state index contributed by atoms with van der Waals surface area (Å²) in [6, 6.07) is 11.0. The van der Waals surface area contributed by atoms with Gasteiger partial charge in [-0.1, -0.05) is 13.8 Å². The van der Waals surface area contributed by atoms with Crippen LogP contribution in [0.1, 0.15) is 39.2 Å². The number of benzene rings is 2. The maximum absolute atomic E-state index is 12.6. The summed E-state index contributed by atoms with van der Waals surface area (Å²) in [6.07, 6.45) is -1.70. The molecule has 1 amide bonds. The highest BCUT2D eigenvalue weighted by molar-refractivity contribution is 5.84. The Morgan fingerprint density at radius 3 is 2.33 bits per heavy atom. The number of nitrogens with one attached hydrogen (secondary N) is 1. The minimum Gasteiger partial charge on any atom is -0.484 e. The van der Waals surface area contributed by atoms with Gasteiger partial charge in [0.25, 0.3) is 5.91 Å². The van der Waals surface area contributed by atoms with Crippen LogP contribution in [0.3, 0.4) is 0 Å². The van der Waals surface area contributed by atoms with Gasteiger partial charge in [0.15, 0.2) is 6.61 Å². The molecule has 0 aliphatic heterocycles. The Labute approximate surface area is 230 Å². The smallest absolute Gasteiger partial charge is 0.484 e. The zero-order chi connectivity index (χ0) is 29.0. The molecule has 1 aliphatic rings. The summed E-state index contributed by atoms with van der Waals surface area (Å²) in [5.74, 6) is 0.801. The molecule has 2 unspecified atom stereocenters. The SMILES string of the molecule is COC(=O)CN(C)C(=O)COc1ccc2c(c1)nc(Nc1ccc(OC(F)(F)F)cc1)n2C1CC(C)CC(C)C1. The number of imidazole rings is 1. The summed E-state index contributed by atoms with van der Waals surface area (Å²) >= 11 is 0. The Kier molecular flexibility index (Phi) is 8.75. The lowest BCUT2D eigenvalue weighted by Crippen LogP contribution is -2.35. The first-order valence-corrected chi connectivity index (χ1v) is 13.0. The van der Waals surface area contributed by atoms with E-state index in [9.17, 15) is 22.8 Å². The van der Waals surface area contributed by atoms with Crippen LogP contribution < -0.4 is 14.8 Å². The summed E-state index contributed by atoms with van der Waals surface area (Å²) in [6.45, 7) is 4.01. The number of alkyl halides is 3. The number of hydrogen-bond acceptors (Lipinski definition) is 7. The fraction of sp³-hybridized carbons (Fsp3) is 0.464. The Bertz CT molecular complexity index is 1330. The van der Waals surface area contributed by atoms with Gasteiger partial charge in [-0.05, 0) is 67.5 Å². The van der Waals surface area contributed by atoms with E-state index in [1.165, 1.54) is 43.3 Å². The number of aromatic nitrogens is 2.